The molecule has 0 radical (unpaired) electrons. The maximum absolute atomic E-state index is 16.0. The predicted octanol–water partition coefficient (Wildman–Crippen LogP) is 5.12. The largest absolute Gasteiger partial charge is 0.443 e. The van der Waals surface area contributed by atoms with Crippen LogP contribution in [0.2, 0.25) is 0 Å². The first-order valence-corrected chi connectivity index (χ1v) is 25.2. The summed E-state index contributed by atoms with van der Waals surface area (Å²) in [7, 11) is 1.79. The number of aromatic nitrogens is 12. The number of nitrogens with zero attached hydrogens (tertiary/aromatic N) is 12. The summed E-state index contributed by atoms with van der Waals surface area (Å²) in [6.45, 7) is 5.49. The molecule has 5 aliphatic rings. The number of hydrogen-bond donors (Lipinski definition) is 6. The predicted molar refractivity (Wildman–Crippen MR) is 261 cm³/mol. The summed E-state index contributed by atoms with van der Waals surface area (Å²) >= 11 is 0. The van der Waals surface area contributed by atoms with Crippen LogP contribution >= 0.6 is 0 Å². The Morgan fingerprint density at radius 3 is 2.44 bits per heavy atom. The Bertz CT molecular complexity index is 3400. The Hall–Kier alpha value is -8.21. The number of nitrogens with one attached hydrogen (secondary N) is 6. The summed E-state index contributed by atoms with van der Waals surface area (Å²) in [5.74, 6) is 0.0612. The minimum Gasteiger partial charge on any atom is -0.443 e. The fourth-order valence-corrected chi connectivity index (χ4v) is 10.2. The molecular formula is C49H55F2N18O6+. The number of fused-ring (bicyclic) bond motifs is 2. The van der Waals surface area contributed by atoms with Gasteiger partial charge in [-0.1, -0.05) is 0 Å². The Kier molecular flexibility index (Phi) is 11.9. The molecule has 1 saturated heterocycles. The van der Waals surface area contributed by atoms with E-state index in [4.69, 9.17) is 29.3 Å². The van der Waals surface area contributed by atoms with Gasteiger partial charge in [0, 0.05) is 73.3 Å². The number of ether oxygens (including phenoxy) is 3. The third-order valence-electron chi connectivity index (χ3n) is 15.1. The number of carbonyl (C=O) groups excluding carboxylic acids is 3. The van der Waals surface area contributed by atoms with E-state index in [2.05, 4.69) is 52.7 Å². The maximum atomic E-state index is 16.0. The lowest BCUT2D eigenvalue weighted by Crippen LogP contribution is -2.40. The van der Waals surface area contributed by atoms with Crippen molar-refractivity contribution in [2.24, 2.45) is 7.05 Å². The van der Waals surface area contributed by atoms with Gasteiger partial charge in [0.05, 0.1) is 48.6 Å². The fraction of sp³-hybridized carbons (Fsp3) is 0.490. The molecule has 0 bridgehead atoms. The Morgan fingerprint density at radius 2 is 1.72 bits per heavy atom. The average molecular weight is 1030 g/mol. The number of alkyl carbamates (subject to hydrolysis) is 2. The topological polar surface area (TPSA) is 281 Å². The molecule has 6 N–H and O–H groups in total. The van der Waals surface area contributed by atoms with E-state index in [0.717, 1.165) is 31.4 Å². The van der Waals surface area contributed by atoms with Gasteiger partial charge in [-0.25, -0.2) is 52.7 Å². The van der Waals surface area contributed by atoms with Crippen molar-refractivity contribution in [2.75, 3.05) is 36.9 Å². The zero-order valence-corrected chi connectivity index (χ0v) is 41.3. The van der Waals surface area contributed by atoms with E-state index in [-0.39, 0.29) is 53.6 Å². The molecule has 24 nitrogen and oxygen atoms in total. The minimum absolute atomic E-state index is 0.0431. The lowest BCUT2D eigenvalue weighted by molar-refractivity contribution is -0.730. The molecule has 6 atom stereocenters. The van der Waals surface area contributed by atoms with Gasteiger partial charge in [0.15, 0.2) is 35.2 Å². The van der Waals surface area contributed by atoms with Gasteiger partial charge in [0.25, 0.3) is 5.91 Å². The quantitative estimate of drug-likeness (QED) is 0.0772. The number of alkyl halides is 2. The molecule has 4 aliphatic carbocycles. The molecule has 4 saturated carbocycles. The summed E-state index contributed by atoms with van der Waals surface area (Å²) in [6.07, 6.45) is 4.91. The van der Waals surface area contributed by atoms with Crippen molar-refractivity contribution >= 4 is 52.7 Å². The van der Waals surface area contributed by atoms with Crippen molar-refractivity contribution in [2.45, 2.75) is 119 Å². The van der Waals surface area contributed by atoms with Crippen LogP contribution in [0.5, 0.6) is 0 Å². The van der Waals surface area contributed by atoms with E-state index < -0.39 is 48.6 Å². The molecule has 26 heteroatoms. The molecule has 7 aromatic heterocycles. The van der Waals surface area contributed by atoms with E-state index in [9.17, 15) is 19.6 Å². The van der Waals surface area contributed by atoms with Gasteiger partial charge >= 0.3 is 24.0 Å². The maximum Gasteiger partial charge on any atom is 0.407 e. The van der Waals surface area contributed by atoms with Gasteiger partial charge < -0.3 is 35.1 Å². The van der Waals surface area contributed by atoms with Crippen LogP contribution in [-0.2, 0) is 27.8 Å². The molecule has 0 unspecified atom stereocenters. The monoisotopic (exact) mass is 1030 g/mol. The van der Waals surface area contributed by atoms with Crippen LogP contribution in [0.3, 0.4) is 0 Å². The Labute approximate surface area is 426 Å². The van der Waals surface area contributed by atoms with Crippen molar-refractivity contribution in [1.29, 1.82) is 5.26 Å². The highest BCUT2D eigenvalue weighted by Crippen LogP contribution is 2.41. The van der Waals surface area contributed by atoms with E-state index in [1.807, 2.05) is 26.0 Å². The number of amides is 3. The van der Waals surface area contributed by atoms with Crippen LogP contribution in [0.1, 0.15) is 110 Å². The lowest BCUT2D eigenvalue weighted by Gasteiger charge is -2.25. The van der Waals surface area contributed by atoms with Crippen LogP contribution < -0.4 is 25.9 Å². The number of aromatic amines is 2. The van der Waals surface area contributed by atoms with Crippen molar-refractivity contribution in [3.8, 4) is 17.3 Å². The first-order valence-electron chi connectivity index (χ1n) is 25.2. The SMILES string of the molecule is Cn1nccc1-c1cnc(Nc2cc([C@H]3C[C@@H](F)[C@@H](OC(=O)NC4(C)CC4)C3)[nH][n+]2Cc2cn3nc(C(=O)N4CCOCC4)cc3c(Nc3cc([C@@H]4CC[C@H](OC(=O)NC5(C)CC5)[C@H]4F)[nH]n3)n2)n2cc(C#N)nc12. The van der Waals surface area contributed by atoms with Crippen LogP contribution in [0, 0.1) is 11.3 Å². The van der Waals surface area contributed by atoms with Crippen LogP contribution in [0.15, 0.2) is 49.1 Å². The van der Waals surface area contributed by atoms with Crippen LogP contribution in [-0.4, -0.2) is 139 Å². The molecule has 1 aliphatic heterocycles. The molecule has 8 heterocycles. The second-order valence-electron chi connectivity index (χ2n) is 20.8. The molecule has 75 heavy (non-hydrogen) atoms. The minimum atomic E-state index is -1.47. The molecule has 7 aromatic rings. The third-order valence-corrected chi connectivity index (χ3v) is 15.1. The van der Waals surface area contributed by atoms with E-state index in [1.165, 1.54) is 0 Å². The third kappa shape index (κ3) is 9.62. The number of carbonyl (C=O) groups is 3. The van der Waals surface area contributed by atoms with Crippen molar-refractivity contribution < 1.29 is 42.1 Å². The summed E-state index contributed by atoms with van der Waals surface area (Å²) in [5.41, 5.74) is 3.53. The first-order chi connectivity index (χ1) is 36.2. The average Bonchev–Trinajstić information content (AvgIpc) is 3.91. The Balaban J connectivity index is 0.875. The highest BCUT2D eigenvalue weighted by Gasteiger charge is 2.45. The summed E-state index contributed by atoms with van der Waals surface area (Å²) in [4.78, 5) is 55.4. The number of imidazole rings is 1. The first kappa shape index (κ1) is 47.8. The number of anilines is 4. The second kappa shape index (κ2) is 18.6. The molecule has 5 fully saturated rings. The second-order valence-corrected chi connectivity index (χ2v) is 20.8. The summed E-state index contributed by atoms with van der Waals surface area (Å²) in [5, 5.41) is 42.3. The zero-order chi connectivity index (χ0) is 51.8. The van der Waals surface area contributed by atoms with Gasteiger partial charge in [-0.15, -0.1) is 0 Å². The van der Waals surface area contributed by atoms with E-state index in [0.29, 0.717) is 90.5 Å². The van der Waals surface area contributed by atoms with Gasteiger partial charge in [-0.2, -0.15) is 25.2 Å². The van der Waals surface area contributed by atoms with Gasteiger partial charge in [0.1, 0.15) is 41.8 Å². The summed E-state index contributed by atoms with van der Waals surface area (Å²) in [6, 6.07) is 9.11. The number of hydrogen-bond acceptors (Lipinski definition) is 15. The number of aryl methyl sites for hydroxylation is 1. The highest BCUT2D eigenvalue weighted by molar-refractivity contribution is 5.94. The molecule has 0 spiro atoms. The van der Waals surface area contributed by atoms with E-state index in [1.54, 1.807) is 67.1 Å². The Morgan fingerprint density at radius 1 is 0.960 bits per heavy atom. The number of halogens is 2. The van der Waals surface area contributed by atoms with Gasteiger partial charge in [0.2, 0.25) is 0 Å². The number of nitriles is 1. The normalized spacial score (nSPS) is 23.5. The van der Waals surface area contributed by atoms with E-state index >= 15 is 8.78 Å². The molecule has 12 rings (SSSR count). The molecule has 0 aromatic carbocycles. The smallest absolute Gasteiger partial charge is 0.407 e. The standard InChI is InChI=1S/C49H54F2N18O6/c1-48(7-8-48)59-46(71)74-37-5-4-29(41(37)51)33-19-39(62-61-33)57-42-36-18-34(44(70)66-12-14-73-15-13-66)64-68(36)24-28(55-42)25-69-40(20-32(63-69)26-16-31(50)38(17-26)75-47(72)60-49(2)9-10-49)58-45-53-22-30(35-6-11-54-65(35)3)43-56-27(21-52)23-67(43)45/h6,11,18-20,22-24,26,29,31,37-38,41H,4-5,7-10,12-17,25H2,1-3H3,(H5,53,54,55,56,57,58,59,60,61,62,63,64,70,71,72)/p+1/t26-,29-,31+,37-,38-,41-/m0/s1. The number of H-pyrrole nitrogens is 2. The fourth-order valence-electron chi connectivity index (χ4n) is 10.2. The van der Waals surface area contributed by atoms with Crippen molar-refractivity contribution in [3.63, 3.8) is 0 Å². The van der Waals surface area contributed by atoms with Crippen molar-refractivity contribution in [1.82, 2.24) is 69.6 Å². The molecule has 3 amide bonds. The molecule has 390 valence electrons. The summed E-state index contributed by atoms with van der Waals surface area (Å²) < 4.78 is 55.1. The lowest BCUT2D eigenvalue weighted by atomic mass is 10.0. The zero-order valence-electron chi connectivity index (χ0n) is 41.3. The number of rotatable bonds is 14. The van der Waals surface area contributed by atoms with Crippen LogP contribution in [0.25, 0.3) is 22.4 Å². The molecular weight excluding hydrogens is 975 g/mol. The number of morpholine rings is 1. The van der Waals surface area contributed by atoms with Gasteiger partial charge in [-0.05, 0) is 71.3 Å². The highest BCUT2D eigenvalue weighted by atomic mass is 19.1. The van der Waals surface area contributed by atoms with Crippen molar-refractivity contribution in [3.05, 3.63) is 77.5 Å². The van der Waals surface area contributed by atoms with Gasteiger partial charge in [-0.3, -0.25) is 14.6 Å². The van der Waals surface area contributed by atoms with Crippen LogP contribution in [0.4, 0.5) is 41.8 Å².